The topological polar surface area (TPSA) is 49.8 Å². The van der Waals surface area contributed by atoms with Crippen LogP contribution in [0.15, 0.2) is 16.6 Å². The number of aromatic carboxylic acids is 1. The minimum Gasteiger partial charge on any atom is -0.491 e. The first-order valence-corrected chi connectivity index (χ1v) is 6.02. The average molecular weight is 302 g/mol. The molecule has 94 valence electrons. The van der Waals surface area contributed by atoms with Crippen LogP contribution in [-0.2, 0) is 0 Å². The van der Waals surface area contributed by atoms with Gasteiger partial charge in [-0.15, -0.1) is 0 Å². The summed E-state index contributed by atoms with van der Waals surface area (Å²) in [7, 11) is 3.88. The van der Waals surface area contributed by atoms with Crippen molar-refractivity contribution in [1.82, 2.24) is 4.90 Å². The smallest absolute Gasteiger partial charge is 0.339 e. The summed E-state index contributed by atoms with van der Waals surface area (Å²) in [6, 6.07) is 3.40. The summed E-state index contributed by atoms with van der Waals surface area (Å²) in [5.41, 5.74) is 1.01. The first-order chi connectivity index (χ1) is 7.91. The number of carbonyl (C=O) groups is 1. The van der Waals surface area contributed by atoms with Crippen LogP contribution in [0.25, 0.3) is 0 Å². The number of benzene rings is 1. The van der Waals surface area contributed by atoms with Crippen molar-refractivity contribution in [2.45, 2.75) is 6.92 Å². The fourth-order valence-electron chi connectivity index (χ4n) is 1.41. The van der Waals surface area contributed by atoms with Gasteiger partial charge in [-0.05, 0) is 38.7 Å². The second-order valence-corrected chi connectivity index (χ2v) is 4.97. The molecular weight excluding hydrogens is 286 g/mol. The van der Waals surface area contributed by atoms with Crippen LogP contribution in [0.2, 0.25) is 0 Å². The van der Waals surface area contributed by atoms with E-state index in [0.29, 0.717) is 12.4 Å². The Kier molecular flexibility index (Phi) is 4.96. The number of ether oxygens (including phenoxy) is 1. The second-order valence-electron chi connectivity index (χ2n) is 4.06. The molecule has 1 N–H and O–H groups in total. The second kappa shape index (κ2) is 6.02. The highest BCUT2D eigenvalue weighted by Crippen LogP contribution is 2.28. The van der Waals surface area contributed by atoms with Crippen LogP contribution in [-0.4, -0.2) is 43.2 Å². The summed E-state index contributed by atoms with van der Waals surface area (Å²) in [5.74, 6) is -0.531. The number of aryl methyl sites for hydroxylation is 1. The predicted octanol–water partition coefficient (Wildman–Crippen LogP) is 2.40. The Morgan fingerprint density at radius 2 is 2.12 bits per heavy atom. The lowest BCUT2D eigenvalue weighted by Crippen LogP contribution is -2.20. The van der Waals surface area contributed by atoms with Gasteiger partial charge in [0.05, 0.1) is 0 Å². The van der Waals surface area contributed by atoms with E-state index < -0.39 is 5.97 Å². The van der Waals surface area contributed by atoms with E-state index in [-0.39, 0.29) is 5.56 Å². The van der Waals surface area contributed by atoms with E-state index in [4.69, 9.17) is 9.84 Å². The fourth-order valence-corrected chi connectivity index (χ4v) is 1.98. The molecule has 0 aliphatic heterocycles. The summed E-state index contributed by atoms with van der Waals surface area (Å²) in [6.07, 6.45) is 0. The SMILES string of the molecule is Cc1cc(Br)cc(C(=O)O)c1OCCN(C)C. The van der Waals surface area contributed by atoms with E-state index >= 15 is 0 Å². The molecule has 0 radical (unpaired) electrons. The molecule has 0 atom stereocenters. The molecular formula is C12H16BrNO3. The van der Waals surface area contributed by atoms with Crippen molar-refractivity contribution in [3.8, 4) is 5.75 Å². The third-order valence-corrected chi connectivity index (χ3v) is 2.71. The van der Waals surface area contributed by atoms with E-state index in [2.05, 4.69) is 15.9 Å². The standard InChI is InChI=1S/C12H16BrNO3/c1-8-6-9(13)7-10(12(15)16)11(8)17-5-4-14(2)3/h6-7H,4-5H2,1-3H3,(H,15,16). The predicted molar refractivity (Wildman–Crippen MR) is 69.9 cm³/mol. The number of likely N-dealkylation sites (N-methyl/N-ethyl adjacent to an activating group) is 1. The first kappa shape index (κ1) is 14.0. The summed E-state index contributed by atoms with van der Waals surface area (Å²) < 4.78 is 6.29. The number of hydrogen-bond donors (Lipinski definition) is 1. The molecule has 0 amide bonds. The minimum absolute atomic E-state index is 0.190. The normalized spacial score (nSPS) is 10.6. The number of carboxylic acids is 1. The zero-order valence-corrected chi connectivity index (χ0v) is 11.7. The summed E-state index contributed by atoms with van der Waals surface area (Å²) in [4.78, 5) is 13.1. The molecule has 0 saturated heterocycles. The zero-order chi connectivity index (χ0) is 13.0. The van der Waals surface area contributed by atoms with Gasteiger partial charge in [0.1, 0.15) is 17.9 Å². The molecule has 1 aromatic carbocycles. The Bertz CT molecular complexity index is 418. The Morgan fingerprint density at radius 3 is 2.65 bits per heavy atom. The van der Waals surface area contributed by atoms with Gasteiger partial charge in [0, 0.05) is 11.0 Å². The summed E-state index contributed by atoms with van der Waals surface area (Å²) >= 11 is 3.28. The van der Waals surface area contributed by atoms with Crippen molar-refractivity contribution in [2.75, 3.05) is 27.2 Å². The molecule has 0 bridgehead atoms. The monoisotopic (exact) mass is 301 g/mol. The Balaban J connectivity index is 2.92. The molecule has 0 aliphatic carbocycles. The van der Waals surface area contributed by atoms with Gasteiger partial charge in [0.15, 0.2) is 0 Å². The molecule has 0 spiro atoms. The van der Waals surface area contributed by atoms with Gasteiger partial charge in [-0.25, -0.2) is 4.79 Å². The van der Waals surface area contributed by atoms with E-state index in [0.717, 1.165) is 16.6 Å². The number of carboxylic acid groups (broad SMARTS) is 1. The van der Waals surface area contributed by atoms with Gasteiger partial charge < -0.3 is 14.7 Å². The maximum absolute atomic E-state index is 11.1. The fraction of sp³-hybridized carbons (Fsp3) is 0.417. The Labute approximate surface area is 109 Å². The van der Waals surface area contributed by atoms with Gasteiger partial charge in [0.25, 0.3) is 0 Å². The van der Waals surface area contributed by atoms with Crippen LogP contribution in [0, 0.1) is 6.92 Å². The molecule has 17 heavy (non-hydrogen) atoms. The van der Waals surface area contributed by atoms with Crippen LogP contribution in [0.1, 0.15) is 15.9 Å². The molecule has 4 nitrogen and oxygen atoms in total. The molecule has 0 heterocycles. The minimum atomic E-state index is -0.978. The average Bonchev–Trinajstić information content (AvgIpc) is 2.19. The van der Waals surface area contributed by atoms with Crippen molar-refractivity contribution in [3.05, 3.63) is 27.7 Å². The molecule has 1 rings (SSSR count). The molecule has 1 aromatic rings. The molecule has 0 aromatic heterocycles. The molecule has 0 unspecified atom stereocenters. The van der Waals surface area contributed by atoms with Crippen molar-refractivity contribution in [3.63, 3.8) is 0 Å². The molecule has 0 aliphatic rings. The van der Waals surface area contributed by atoms with E-state index in [1.54, 1.807) is 6.07 Å². The Morgan fingerprint density at radius 1 is 1.47 bits per heavy atom. The zero-order valence-electron chi connectivity index (χ0n) is 10.2. The lowest BCUT2D eigenvalue weighted by Gasteiger charge is -2.15. The Hall–Kier alpha value is -1.07. The lowest BCUT2D eigenvalue weighted by atomic mass is 10.1. The van der Waals surface area contributed by atoms with Crippen molar-refractivity contribution in [2.24, 2.45) is 0 Å². The van der Waals surface area contributed by atoms with Gasteiger partial charge in [-0.2, -0.15) is 0 Å². The van der Waals surface area contributed by atoms with Crippen LogP contribution < -0.4 is 4.74 Å². The largest absolute Gasteiger partial charge is 0.491 e. The number of rotatable bonds is 5. The van der Waals surface area contributed by atoms with Gasteiger partial charge in [0.2, 0.25) is 0 Å². The number of nitrogens with zero attached hydrogens (tertiary/aromatic N) is 1. The lowest BCUT2D eigenvalue weighted by molar-refractivity contribution is 0.0691. The summed E-state index contributed by atoms with van der Waals surface area (Å²) in [5, 5.41) is 9.11. The van der Waals surface area contributed by atoms with Crippen LogP contribution in [0.5, 0.6) is 5.75 Å². The van der Waals surface area contributed by atoms with E-state index in [1.807, 2.05) is 32.0 Å². The number of halogens is 1. The van der Waals surface area contributed by atoms with E-state index in [9.17, 15) is 4.79 Å². The highest BCUT2D eigenvalue weighted by molar-refractivity contribution is 9.10. The van der Waals surface area contributed by atoms with Crippen molar-refractivity contribution < 1.29 is 14.6 Å². The third kappa shape index (κ3) is 4.02. The quantitative estimate of drug-likeness (QED) is 0.907. The first-order valence-electron chi connectivity index (χ1n) is 5.22. The van der Waals surface area contributed by atoms with Crippen LogP contribution in [0.4, 0.5) is 0 Å². The van der Waals surface area contributed by atoms with E-state index in [1.165, 1.54) is 0 Å². The summed E-state index contributed by atoms with van der Waals surface area (Å²) in [6.45, 7) is 3.05. The molecule has 0 fully saturated rings. The molecule has 5 heteroatoms. The van der Waals surface area contributed by atoms with Crippen molar-refractivity contribution in [1.29, 1.82) is 0 Å². The highest BCUT2D eigenvalue weighted by Gasteiger charge is 2.15. The number of hydrogen-bond acceptors (Lipinski definition) is 3. The maximum atomic E-state index is 11.1. The van der Waals surface area contributed by atoms with Crippen molar-refractivity contribution >= 4 is 21.9 Å². The third-order valence-electron chi connectivity index (χ3n) is 2.25. The molecule has 0 saturated carbocycles. The van der Waals surface area contributed by atoms with Gasteiger partial charge in [-0.1, -0.05) is 15.9 Å². The van der Waals surface area contributed by atoms with Crippen LogP contribution in [0.3, 0.4) is 0 Å². The van der Waals surface area contributed by atoms with Gasteiger partial charge in [-0.3, -0.25) is 0 Å². The highest BCUT2D eigenvalue weighted by atomic mass is 79.9. The van der Waals surface area contributed by atoms with Gasteiger partial charge >= 0.3 is 5.97 Å². The maximum Gasteiger partial charge on any atom is 0.339 e. The van der Waals surface area contributed by atoms with Crippen LogP contribution >= 0.6 is 15.9 Å².